The number of fused-ring (bicyclic) bond motifs is 1. The Morgan fingerprint density at radius 3 is 2.50 bits per heavy atom. The van der Waals surface area contributed by atoms with Gasteiger partial charge in [-0.2, -0.15) is 0 Å². The zero-order chi connectivity index (χ0) is 28.0. The topological polar surface area (TPSA) is 128 Å². The molecule has 3 aliphatic rings. The van der Waals surface area contributed by atoms with Gasteiger partial charge >= 0.3 is 5.97 Å². The fourth-order valence-corrected chi connectivity index (χ4v) is 8.86. The Morgan fingerprint density at radius 2 is 1.95 bits per heavy atom. The summed E-state index contributed by atoms with van der Waals surface area (Å²) in [5, 5.41) is 13.0. The highest BCUT2D eigenvalue weighted by Crippen LogP contribution is 2.56. The van der Waals surface area contributed by atoms with E-state index >= 15 is 0 Å². The zero-order valence-corrected chi connectivity index (χ0v) is 24.9. The molecule has 0 saturated carbocycles. The van der Waals surface area contributed by atoms with E-state index in [9.17, 15) is 24.5 Å². The lowest BCUT2D eigenvalue weighted by Crippen LogP contribution is -2.62. The monoisotopic (exact) mass is 579 g/mol. The van der Waals surface area contributed by atoms with Gasteiger partial charge in [0.2, 0.25) is 11.8 Å². The molecule has 38 heavy (non-hydrogen) atoms. The summed E-state index contributed by atoms with van der Waals surface area (Å²) in [5.41, 5.74) is 0.685. The van der Waals surface area contributed by atoms with Crippen LogP contribution in [0, 0.1) is 16.0 Å². The largest absolute Gasteiger partial charge is 0.456 e. The van der Waals surface area contributed by atoms with Crippen molar-refractivity contribution in [1.29, 1.82) is 0 Å². The van der Waals surface area contributed by atoms with E-state index in [0.717, 1.165) is 0 Å². The lowest BCUT2D eigenvalue weighted by atomic mass is 9.92. The number of non-ortho nitro benzene ring substituents is 1. The van der Waals surface area contributed by atoms with Gasteiger partial charge < -0.3 is 14.5 Å². The van der Waals surface area contributed by atoms with Gasteiger partial charge in [-0.25, -0.2) is 4.79 Å². The van der Waals surface area contributed by atoms with Gasteiger partial charge in [0, 0.05) is 18.7 Å². The van der Waals surface area contributed by atoms with E-state index in [-0.39, 0.29) is 51.6 Å². The minimum atomic E-state index is -2.13. The number of β-lactam (4-membered cyclic amide) rings is 1. The molecular formula is C25H33N3O7S2Si. The number of nitro groups is 1. The van der Waals surface area contributed by atoms with Crippen LogP contribution in [0.2, 0.25) is 18.1 Å². The van der Waals surface area contributed by atoms with Crippen LogP contribution in [0.4, 0.5) is 5.69 Å². The van der Waals surface area contributed by atoms with Gasteiger partial charge in [-0.05, 0) is 49.2 Å². The number of benzene rings is 1. The first-order valence-corrected chi connectivity index (χ1v) is 17.1. The molecule has 13 heteroatoms. The standard InChI is InChI=1S/C25H33N3O7S2Si/c1-14(35-38(5,6)25(2,3)4)18-21(30)27-19(24(37-22(18)27)36-17-11-12-26-20(17)29)23(31)34-13-15-7-9-16(10-8-15)28(32)33/h7-10,14,17-18,22H,11-13H2,1-6H3,(H,26,29)/t14-,17?,18+,22-/m1/s1. The molecule has 206 valence electrons. The van der Waals surface area contributed by atoms with E-state index in [0.29, 0.717) is 22.8 Å². The number of ether oxygens (including phenoxy) is 1. The molecule has 0 aromatic heterocycles. The molecule has 0 aliphatic carbocycles. The van der Waals surface area contributed by atoms with Crippen molar-refractivity contribution in [3.8, 4) is 0 Å². The Labute approximate surface area is 231 Å². The Kier molecular flexibility index (Phi) is 8.04. The quantitative estimate of drug-likeness (QED) is 0.149. The fourth-order valence-electron chi connectivity index (χ4n) is 4.27. The fraction of sp³-hybridized carbons (Fsp3) is 0.560. The summed E-state index contributed by atoms with van der Waals surface area (Å²) >= 11 is 2.71. The van der Waals surface area contributed by atoms with E-state index < -0.39 is 25.1 Å². The maximum atomic E-state index is 13.4. The predicted octanol–water partition coefficient (Wildman–Crippen LogP) is 4.37. The van der Waals surface area contributed by atoms with Crippen LogP contribution >= 0.6 is 23.5 Å². The zero-order valence-electron chi connectivity index (χ0n) is 22.3. The highest BCUT2D eigenvalue weighted by atomic mass is 32.2. The molecule has 0 spiro atoms. The molecule has 2 saturated heterocycles. The van der Waals surface area contributed by atoms with Crippen LogP contribution < -0.4 is 5.32 Å². The average Bonchev–Trinajstić information content (AvgIpc) is 3.37. The van der Waals surface area contributed by atoms with E-state index in [1.165, 1.54) is 52.7 Å². The van der Waals surface area contributed by atoms with Crippen LogP contribution in [0.25, 0.3) is 0 Å². The van der Waals surface area contributed by atoms with E-state index in [1.807, 2.05) is 6.92 Å². The second kappa shape index (κ2) is 10.7. The number of hydrogen-bond donors (Lipinski definition) is 1. The van der Waals surface area contributed by atoms with Crippen molar-refractivity contribution in [2.45, 2.75) is 75.6 Å². The maximum Gasteiger partial charge on any atom is 0.357 e. The number of nitro benzene ring substituents is 1. The third-order valence-corrected chi connectivity index (χ3v) is 14.9. The van der Waals surface area contributed by atoms with Crippen LogP contribution in [0.3, 0.4) is 0 Å². The number of nitrogens with one attached hydrogen (secondary N) is 1. The summed E-state index contributed by atoms with van der Waals surface area (Å²) in [6.45, 7) is 13.1. The first-order chi connectivity index (χ1) is 17.7. The number of hydrogen-bond acceptors (Lipinski definition) is 9. The molecule has 0 radical (unpaired) electrons. The van der Waals surface area contributed by atoms with E-state index in [4.69, 9.17) is 9.16 Å². The molecule has 2 fully saturated rings. The minimum Gasteiger partial charge on any atom is -0.456 e. The van der Waals surface area contributed by atoms with Gasteiger partial charge in [-0.15, -0.1) is 11.8 Å². The molecule has 0 bridgehead atoms. The number of rotatable bonds is 9. The van der Waals surface area contributed by atoms with E-state index in [2.05, 4.69) is 39.2 Å². The normalized spacial score (nSPS) is 24.2. The lowest BCUT2D eigenvalue weighted by molar-refractivity contribution is -0.384. The maximum absolute atomic E-state index is 13.4. The smallest absolute Gasteiger partial charge is 0.357 e. The number of amides is 2. The minimum absolute atomic E-state index is 0.0154. The second-order valence-corrected chi connectivity index (χ2v) is 18.5. The molecule has 4 atom stereocenters. The van der Waals surface area contributed by atoms with Gasteiger partial charge in [-0.3, -0.25) is 24.6 Å². The molecule has 4 rings (SSSR count). The van der Waals surface area contributed by atoms with Crippen molar-refractivity contribution in [3.05, 3.63) is 49.9 Å². The number of nitrogens with zero attached hydrogens (tertiary/aromatic N) is 2. The van der Waals surface area contributed by atoms with Crippen molar-refractivity contribution < 1.29 is 28.5 Å². The molecule has 1 aromatic carbocycles. The van der Waals surface area contributed by atoms with Gasteiger partial charge in [0.1, 0.15) is 12.0 Å². The lowest BCUT2D eigenvalue weighted by Gasteiger charge is -2.48. The van der Waals surface area contributed by atoms with Crippen LogP contribution in [-0.2, 0) is 30.2 Å². The summed E-state index contributed by atoms with van der Waals surface area (Å²) < 4.78 is 12.7. The van der Waals surface area contributed by atoms with Crippen LogP contribution in [0.5, 0.6) is 0 Å². The second-order valence-electron chi connectivity index (χ2n) is 11.1. The van der Waals surface area contributed by atoms with Crippen molar-refractivity contribution in [2.75, 3.05) is 6.54 Å². The number of thioether (sulfide) groups is 2. The first-order valence-electron chi connectivity index (χ1n) is 12.5. The summed E-state index contributed by atoms with van der Waals surface area (Å²) in [6, 6.07) is 5.73. The molecule has 10 nitrogen and oxygen atoms in total. The number of carbonyl (C=O) groups is 3. The van der Waals surface area contributed by atoms with Crippen molar-refractivity contribution in [3.63, 3.8) is 0 Å². The first kappa shape index (κ1) is 28.6. The van der Waals surface area contributed by atoms with Crippen LogP contribution in [0.1, 0.15) is 39.7 Å². The van der Waals surface area contributed by atoms with Crippen molar-refractivity contribution in [2.24, 2.45) is 5.92 Å². The molecule has 3 heterocycles. The molecular weight excluding hydrogens is 547 g/mol. The summed E-state index contributed by atoms with van der Waals surface area (Å²) in [4.78, 5) is 50.9. The highest BCUT2D eigenvalue weighted by molar-refractivity contribution is 8.23. The van der Waals surface area contributed by atoms with Crippen LogP contribution in [-0.4, -0.2) is 59.2 Å². The highest BCUT2D eigenvalue weighted by Gasteiger charge is 2.59. The van der Waals surface area contributed by atoms with Crippen LogP contribution in [0.15, 0.2) is 34.2 Å². The molecule has 1 N–H and O–H groups in total. The average molecular weight is 580 g/mol. The Balaban J connectivity index is 1.52. The molecule has 3 aliphatic heterocycles. The number of esters is 1. The summed E-state index contributed by atoms with van der Waals surface area (Å²) in [6.07, 6.45) is 0.305. The van der Waals surface area contributed by atoms with Gasteiger partial charge in [0.15, 0.2) is 14.0 Å². The van der Waals surface area contributed by atoms with Crippen molar-refractivity contribution in [1.82, 2.24) is 10.2 Å². The number of carbonyl (C=O) groups excluding carboxylic acids is 3. The van der Waals surface area contributed by atoms with Gasteiger partial charge in [0.25, 0.3) is 5.69 Å². The molecule has 1 unspecified atom stereocenters. The molecule has 1 aromatic rings. The Hall–Kier alpha value is -2.35. The Morgan fingerprint density at radius 1 is 1.29 bits per heavy atom. The van der Waals surface area contributed by atoms with Gasteiger partial charge in [-0.1, -0.05) is 32.5 Å². The summed E-state index contributed by atoms with van der Waals surface area (Å²) in [5.74, 6) is -1.36. The molecule has 2 amide bonds. The SMILES string of the molecule is C[C@@H](O[Si](C)(C)C(C)(C)C)[C@H]1C(=O)N2C(C(=O)OCc3ccc([N+](=O)[O-])cc3)=C(SC3CCNC3=O)S[C@H]12. The third-order valence-electron chi connectivity index (χ3n) is 7.50. The predicted molar refractivity (Wildman–Crippen MR) is 148 cm³/mol. The summed E-state index contributed by atoms with van der Waals surface area (Å²) in [7, 11) is -2.13. The van der Waals surface area contributed by atoms with Crippen molar-refractivity contribution >= 4 is 55.3 Å². The third kappa shape index (κ3) is 5.51. The Bertz CT molecular complexity index is 1180. The van der Waals surface area contributed by atoms with Gasteiger partial charge in [0.05, 0.1) is 26.4 Å². The van der Waals surface area contributed by atoms with E-state index in [1.54, 1.807) is 0 Å².